The molecular weight excluding hydrogens is 433 g/mol. The van der Waals surface area contributed by atoms with Crippen molar-refractivity contribution in [1.29, 1.82) is 0 Å². The van der Waals surface area contributed by atoms with E-state index in [9.17, 15) is 0 Å². The van der Waals surface area contributed by atoms with Gasteiger partial charge in [-0.25, -0.2) is 4.39 Å². The molecule has 34 heavy (non-hydrogen) atoms. The maximum absolute atomic E-state index is 15.3. The van der Waals surface area contributed by atoms with E-state index in [0.717, 1.165) is 22.4 Å². The molecule has 6 rings (SSSR count). The number of fused-ring (bicyclic) bond motifs is 4. The fourth-order valence-electron chi connectivity index (χ4n) is 4.36. The van der Waals surface area contributed by atoms with Crippen LogP contribution in [-0.2, 0) is 18.4 Å². The molecule has 0 amide bonds. The fraction of sp³-hybridized carbons (Fsp3) is 0.200. The summed E-state index contributed by atoms with van der Waals surface area (Å²) in [5.74, 6) is 7.62. The molecule has 0 fully saturated rings. The topological polar surface area (TPSA) is 73.4 Å². The lowest BCUT2D eigenvalue weighted by atomic mass is 10.0. The first-order valence-corrected chi connectivity index (χ1v) is 10.9. The van der Waals surface area contributed by atoms with Gasteiger partial charge in [0.25, 0.3) is 5.78 Å². The molecule has 2 aromatic carbocycles. The molecular formula is C25H20FN7O. The van der Waals surface area contributed by atoms with Crippen molar-refractivity contribution in [3.05, 3.63) is 77.1 Å². The van der Waals surface area contributed by atoms with E-state index >= 15 is 4.39 Å². The van der Waals surface area contributed by atoms with Crippen LogP contribution in [0.3, 0.4) is 0 Å². The van der Waals surface area contributed by atoms with E-state index in [0.29, 0.717) is 48.1 Å². The lowest BCUT2D eigenvalue weighted by molar-refractivity contribution is 0.133. The van der Waals surface area contributed by atoms with Crippen molar-refractivity contribution in [3.63, 3.8) is 0 Å². The Hall–Kier alpha value is -4.29. The minimum atomic E-state index is -0.353. The van der Waals surface area contributed by atoms with Gasteiger partial charge in [-0.1, -0.05) is 24.0 Å². The van der Waals surface area contributed by atoms with Crippen molar-refractivity contribution >= 4 is 28.2 Å². The predicted molar refractivity (Wildman–Crippen MR) is 125 cm³/mol. The molecule has 4 heterocycles. The van der Waals surface area contributed by atoms with Crippen LogP contribution < -0.4 is 4.90 Å². The highest BCUT2D eigenvalue weighted by molar-refractivity contribution is 5.94. The highest BCUT2D eigenvalue weighted by Gasteiger charge is 2.25. The highest BCUT2D eigenvalue weighted by Crippen LogP contribution is 2.37. The number of hydrogen-bond acceptors (Lipinski definition) is 6. The third kappa shape index (κ3) is 3.27. The normalized spacial score (nSPS) is 13.6. The second-order valence-corrected chi connectivity index (χ2v) is 8.11. The Labute approximate surface area is 194 Å². The van der Waals surface area contributed by atoms with Gasteiger partial charge in [0, 0.05) is 36.6 Å². The van der Waals surface area contributed by atoms with Gasteiger partial charge >= 0.3 is 0 Å². The first-order chi connectivity index (χ1) is 16.6. The quantitative estimate of drug-likeness (QED) is 0.362. The molecule has 0 unspecified atom stereocenters. The van der Waals surface area contributed by atoms with Gasteiger partial charge in [-0.05, 0) is 31.2 Å². The molecule has 0 radical (unpaired) electrons. The molecule has 5 aromatic rings. The van der Waals surface area contributed by atoms with Crippen LogP contribution in [0, 0.1) is 24.6 Å². The summed E-state index contributed by atoms with van der Waals surface area (Å²) in [4.78, 5) is 6.74. The number of rotatable bonds is 1. The van der Waals surface area contributed by atoms with Crippen molar-refractivity contribution in [3.8, 4) is 11.8 Å². The van der Waals surface area contributed by atoms with E-state index in [1.54, 1.807) is 21.3 Å². The third-order valence-corrected chi connectivity index (χ3v) is 5.92. The smallest absolute Gasteiger partial charge is 0.257 e. The van der Waals surface area contributed by atoms with E-state index < -0.39 is 0 Å². The summed E-state index contributed by atoms with van der Waals surface area (Å²) in [5.41, 5.74) is 4.15. The summed E-state index contributed by atoms with van der Waals surface area (Å²) in [6, 6.07) is 10.9. The summed E-state index contributed by atoms with van der Waals surface area (Å²) in [7, 11) is 1.86. The van der Waals surface area contributed by atoms with E-state index in [2.05, 4.69) is 27.1 Å². The van der Waals surface area contributed by atoms with Crippen molar-refractivity contribution in [1.82, 2.24) is 29.4 Å². The van der Waals surface area contributed by atoms with E-state index in [4.69, 9.17) is 9.72 Å². The van der Waals surface area contributed by atoms with Crippen molar-refractivity contribution in [2.75, 3.05) is 18.1 Å². The van der Waals surface area contributed by atoms with Gasteiger partial charge in [0.1, 0.15) is 17.5 Å². The number of benzene rings is 2. The second kappa shape index (κ2) is 7.93. The molecule has 8 nitrogen and oxygen atoms in total. The molecule has 0 atom stereocenters. The van der Waals surface area contributed by atoms with Gasteiger partial charge < -0.3 is 9.64 Å². The lowest BCUT2D eigenvalue weighted by Crippen LogP contribution is -2.23. The number of halogens is 1. The third-order valence-electron chi connectivity index (χ3n) is 5.92. The molecule has 9 heteroatoms. The largest absolute Gasteiger partial charge is 0.375 e. The average molecular weight is 453 g/mol. The Balaban J connectivity index is 1.56. The fourth-order valence-corrected chi connectivity index (χ4v) is 4.36. The Morgan fingerprint density at radius 3 is 2.82 bits per heavy atom. The van der Waals surface area contributed by atoms with Crippen LogP contribution in [0.25, 0.3) is 16.7 Å². The maximum atomic E-state index is 15.3. The summed E-state index contributed by atoms with van der Waals surface area (Å²) in [6.07, 6.45) is 3.60. The van der Waals surface area contributed by atoms with Gasteiger partial charge in [-0.15, -0.1) is 10.2 Å². The van der Waals surface area contributed by atoms with E-state index in [1.807, 2.05) is 49.3 Å². The molecule has 0 bridgehead atoms. The van der Waals surface area contributed by atoms with Gasteiger partial charge in [0.15, 0.2) is 0 Å². The number of anilines is 2. The van der Waals surface area contributed by atoms with Crippen LogP contribution in [0.15, 0.2) is 48.8 Å². The van der Waals surface area contributed by atoms with Crippen LogP contribution in [0.1, 0.15) is 22.5 Å². The van der Waals surface area contributed by atoms with Crippen LogP contribution >= 0.6 is 0 Å². The predicted octanol–water partition coefficient (Wildman–Crippen LogP) is 3.53. The molecule has 0 spiro atoms. The summed E-state index contributed by atoms with van der Waals surface area (Å²) in [6.45, 7) is 3.19. The van der Waals surface area contributed by atoms with Crippen LogP contribution in [-0.4, -0.2) is 42.5 Å². The van der Waals surface area contributed by atoms with Crippen molar-refractivity contribution < 1.29 is 9.13 Å². The van der Waals surface area contributed by atoms with Crippen LogP contribution in [0.4, 0.5) is 15.9 Å². The zero-order valence-electron chi connectivity index (χ0n) is 18.7. The SMILES string of the molecule is Cc1nnc2nc(N3CCOCc4c(C#Cc5cnn(C)c5)cccc43)c3c(F)cccc3n12. The van der Waals surface area contributed by atoms with Gasteiger partial charge in [-0.2, -0.15) is 10.1 Å². The minimum Gasteiger partial charge on any atom is -0.375 e. The van der Waals surface area contributed by atoms with Crippen LogP contribution in [0.5, 0.6) is 0 Å². The molecule has 0 aliphatic carbocycles. The van der Waals surface area contributed by atoms with E-state index in [1.165, 1.54) is 6.07 Å². The number of ether oxygens (including phenoxy) is 1. The van der Waals surface area contributed by atoms with Gasteiger partial charge in [-0.3, -0.25) is 9.08 Å². The number of aromatic nitrogens is 6. The summed E-state index contributed by atoms with van der Waals surface area (Å²) < 4.78 is 24.7. The number of aryl methyl sites for hydroxylation is 2. The zero-order valence-corrected chi connectivity index (χ0v) is 18.7. The van der Waals surface area contributed by atoms with Crippen molar-refractivity contribution in [2.24, 2.45) is 7.05 Å². The van der Waals surface area contributed by atoms with Crippen molar-refractivity contribution in [2.45, 2.75) is 13.5 Å². The summed E-state index contributed by atoms with van der Waals surface area (Å²) in [5, 5.41) is 12.9. The highest BCUT2D eigenvalue weighted by atomic mass is 19.1. The minimum absolute atomic E-state index is 0.353. The van der Waals surface area contributed by atoms with E-state index in [-0.39, 0.29) is 5.82 Å². The standard InChI is InChI=1S/C25H20FN7O/c1-16-29-30-25-28-24(23-20(26)6-4-8-22(23)33(16)25)32-11-12-34-15-19-18(5-3-7-21(19)32)10-9-17-13-27-31(2)14-17/h3-8,13-14H,11-12,15H2,1-2H3. The van der Waals surface area contributed by atoms with Gasteiger partial charge in [0.2, 0.25) is 0 Å². The Kier molecular flexibility index (Phi) is 4.74. The Bertz CT molecular complexity index is 1630. The molecule has 1 aliphatic rings. The first-order valence-electron chi connectivity index (χ1n) is 10.9. The number of hydrogen-bond donors (Lipinski definition) is 0. The Morgan fingerprint density at radius 2 is 1.97 bits per heavy atom. The first kappa shape index (κ1) is 20.3. The molecule has 0 saturated heterocycles. The zero-order chi connectivity index (χ0) is 23.2. The lowest BCUT2D eigenvalue weighted by Gasteiger charge is -2.25. The average Bonchev–Trinajstić information content (AvgIpc) is 3.35. The molecule has 0 saturated carbocycles. The van der Waals surface area contributed by atoms with Gasteiger partial charge in [0.05, 0.1) is 35.9 Å². The Morgan fingerprint density at radius 1 is 1.09 bits per heavy atom. The van der Waals surface area contributed by atoms with Crippen LogP contribution in [0.2, 0.25) is 0 Å². The molecule has 0 N–H and O–H groups in total. The monoisotopic (exact) mass is 453 g/mol. The molecule has 168 valence electrons. The molecule has 1 aliphatic heterocycles. The maximum Gasteiger partial charge on any atom is 0.257 e. The second-order valence-electron chi connectivity index (χ2n) is 8.11. The molecule has 3 aromatic heterocycles. The summed E-state index contributed by atoms with van der Waals surface area (Å²) >= 11 is 0. The number of nitrogens with zero attached hydrogens (tertiary/aromatic N) is 7.